The van der Waals surface area contributed by atoms with Gasteiger partial charge in [0.2, 0.25) is 0 Å². The van der Waals surface area contributed by atoms with E-state index in [4.69, 9.17) is 23.2 Å². The van der Waals surface area contributed by atoms with Gasteiger partial charge in [0, 0.05) is 10.7 Å². The molecule has 0 saturated carbocycles. The number of nitrogens with zero attached hydrogens (tertiary/aromatic N) is 2. The van der Waals surface area contributed by atoms with Gasteiger partial charge in [0.1, 0.15) is 6.33 Å². The minimum atomic E-state index is -4.56. The maximum absolute atomic E-state index is 12.7. The molecule has 2 nitrogen and oxygen atoms in total. The molecular weight excluding hydrogens is 276 g/mol. The lowest BCUT2D eigenvalue weighted by Gasteiger charge is -2.11. The first-order valence-electron chi connectivity index (χ1n) is 4.45. The third kappa shape index (κ3) is 2.40. The van der Waals surface area contributed by atoms with Crippen LogP contribution in [0, 0.1) is 0 Å². The number of halogens is 5. The normalized spacial score (nSPS) is 11.8. The van der Waals surface area contributed by atoms with Crippen LogP contribution in [0.25, 0.3) is 5.69 Å². The van der Waals surface area contributed by atoms with Crippen molar-refractivity contribution in [2.24, 2.45) is 0 Å². The zero-order valence-electron chi connectivity index (χ0n) is 8.17. The van der Waals surface area contributed by atoms with Gasteiger partial charge in [0.25, 0.3) is 0 Å². The maximum Gasteiger partial charge on any atom is 0.434 e. The molecule has 1 heterocycles. The average Bonchev–Trinajstić information content (AvgIpc) is 2.61. The summed E-state index contributed by atoms with van der Waals surface area (Å²) < 4.78 is 39.1. The molecule has 7 heteroatoms. The first kappa shape index (κ1) is 12.3. The van der Waals surface area contributed by atoms with Crippen molar-refractivity contribution in [3.05, 3.63) is 46.5 Å². The fraction of sp³-hybridized carbons (Fsp3) is 0.100. The van der Waals surface area contributed by atoms with Crippen LogP contribution < -0.4 is 0 Å². The molecule has 17 heavy (non-hydrogen) atoms. The van der Waals surface area contributed by atoms with Gasteiger partial charge in [-0.3, -0.25) is 4.57 Å². The molecule has 0 aliphatic rings. The van der Waals surface area contributed by atoms with Gasteiger partial charge in [-0.25, -0.2) is 4.98 Å². The number of imidazole rings is 1. The first-order chi connectivity index (χ1) is 7.89. The van der Waals surface area contributed by atoms with Gasteiger partial charge < -0.3 is 0 Å². The maximum atomic E-state index is 12.7. The Morgan fingerprint density at radius 1 is 1.06 bits per heavy atom. The van der Waals surface area contributed by atoms with Crippen molar-refractivity contribution in [2.75, 3.05) is 0 Å². The summed E-state index contributed by atoms with van der Waals surface area (Å²) in [6, 6.07) is 5.89. The predicted octanol–water partition coefficient (Wildman–Crippen LogP) is 4.20. The van der Waals surface area contributed by atoms with Gasteiger partial charge in [-0.2, -0.15) is 13.2 Å². The number of benzene rings is 1. The van der Waals surface area contributed by atoms with Gasteiger partial charge in [0.15, 0.2) is 10.8 Å². The van der Waals surface area contributed by atoms with Crippen LogP contribution in [-0.2, 0) is 6.18 Å². The molecule has 0 saturated heterocycles. The molecule has 0 atom stereocenters. The lowest BCUT2D eigenvalue weighted by Crippen LogP contribution is -2.12. The summed E-state index contributed by atoms with van der Waals surface area (Å²) in [5, 5.41) is -0.138. The molecule has 0 radical (unpaired) electrons. The topological polar surface area (TPSA) is 17.8 Å². The molecule has 2 rings (SSSR count). The predicted molar refractivity (Wildman–Crippen MR) is 58.6 cm³/mol. The molecule has 0 fully saturated rings. The highest BCUT2D eigenvalue weighted by Crippen LogP contribution is 2.35. The molecule has 0 amide bonds. The summed E-state index contributed by atoms with van der Waals surface area (Å²) in [6.45, 7) is 0. The third-order valence-electron chi connectivity index (χ3n) is 2.10. The standard InChI is InChI=1S/C10H5Cl2F3N2/c11-6-1-3-7(4-2-6)17-5-16-9(12)8(17)10(13,14)15/h1-5H. The van der Waals surface area contributed by atoms with E-state index in [9.17, 15) is 13.2 Å². The molecule has 1 aromatic heterocycles. The van der Waals surface area contributed by atoms with Crippen LogP contribution in [0.4, 0.5) is 13.2 Å². The van der Waals surface area contributed by atoms with Gasteiger partial charge in [-0.1, -0.05) is 23.2 Å². The Balaban J connectivity index is 2.57. The number of hydrogen-bond acceptors (Lipinski definition) is 1. The van der Waals surface area contributed by atoms with Crippen molar-refractivity contribution in [1.29, 1.82) is 0 Å². The first-order valence-corrected chi connectivity index (χ1v) is 5.21. The van der Waals surface area contributed by atoms with Gasteiger partial charge in [-0.05, 0) is 24.3 Å². The highest BCUT2D eigenvalue weighted by Gasteiger charge is 2.38. The summed E-state index contributed by atoms with van der Waals surface area (Å²) in [5.41, 5.74) is -0.706. The zero-order chi connectivity index (χ0) is 12.6. The smallest absolute Gasteiger partial charge is 0.294 e. The minimum absolute atomic E-state index is 0.293. The van der Waals surface area contributed by atoms with Crippen LogP contribution in [0.5, 0.6) is 0 Å². The SMILES string of the molecule is FC(F)(F)c1c(Cl)ncn1-c1ccc(Cl)cc1. The summed E-state index contributed by atoms with van der Waals surface area (Å²) in [4.78, 5) is 3.46. The van der Waals surface area contributed by atoms with Gasteiger partial charge in [-0.15, -0.1) is 0 Å². The van der Waals surface area contributed by atoms with Crippen LogP contribution in [0.3, 0.4) is 0 Å². The van der Waals surface area contributed by atoms with Crippen molar-refractivity contribution in [3.8, 4) is 5.69 Å². The van der Waals surface area contributed by atoms with E-state index in [1.54, 1.807) is 0 Å². The second-order valence-corrected chi connectivity index (χ2v) is 4.02. The van der Waals surface area contributed by atoms with Crippen molar-refractivity contribution < 1.29 is 13.2 Å². The van der Waals surface area contributed by atoms with Crippen molar-refractivity contribution >= 4 is 23.2 Å². The van der Waals surface area contributed by atoms with Crippen molar-refractivity contribution in [1.82, 2.24) is 9.55 Å². The molecule has 0 unspecified atom stereocenters. The Hall–Kier alpha value is -1.20. The van der Waals surface area contributed by atoms with E-state index in [-0.39, 0.29) is 0 Å². The monoisotopic (exact) mass is 280 g/mol. The van der Waals surface area contributed by atoms with E-state index < -0.39 is 17.0 Å². The summed E-state index contributed by atoms with van der Waals surface area (Å²) >= 11 is 11.1. The quantitative estimate of drug-likeness (QED) is 0.766. The molecule has 2 aromatic rings. The van der Waals surface area contributed by atoms with Crippen LogP contribution in [0.2, 0.25) is 10.2 Å². The lowest BCUT2D eigenvalue weighted by molar-refractivity contribution is -0.142. The van der Waals surface area contributed by atoms with Crippen LogP contribution >= 0.6 is 23.2 Å². The Bertz CT molecular complexity index is 531. The molecule has 0 aliphatic carbocycles. The fourth-order valence-electron chi connectivity index (χ4n) is 1.38. The average molecular weight is 281 g/mol. The van der Waals surface area contributed by atoms with E-state index in [0.29, 0.717) is 10.7 Å². The van der Waals surface area contributed by atoms with E-state index in [1.807, 2.05) is 0 Å². The van der Waals surface area contributed by atoms with Crippen molar-refractivity contribution in [3.63, 3.8) is 0 Å². The third-order valence-corrected chi connectivity index (χ3v) is 2.62. The van der Waals surface area contributed by atoms with E-state index in [0.717, 1.165) is 10.9 Å². The lowest BCUT2D eigenvalue weighted by atomic mass is 10.3. The number of alkyl halides is 3. The molecule has 1 aromatic carbocycles. The summed E-state index contributed by atoms with van der Waals surface area (Å²) in [6.07, 6.45) is -3.54. The van der Waals surface area contributed by atoms with E-state index >= 15 is 0 Å². The van der Waals surface area contributed by atoms with Crippen LogP contribution in [0.1, 0.15) is 5.69 Å². The highest BCUT2D eigenvalue weighted by molar-refractivity contribution is 6.30. The molecule has 0 N–H and O–H groups in total. The van der Waals surface area contributed by atoms with E-state index in [2.05, 4.69) is 4.98 Å². The highest BCUT2D eigenvalue weighted by atomic mass is 35.5. The van der Waals surface area contributed by atoms with Crippen LogP contribution in [0.15, 0.2) is 30.6 Å². The van der Waals surface area contributed by atoms with Gasteiger partial charge >= 0.3 is 6.18 Å². The van der Waals surface area contributed by atoms with Crippen molar-refractivity contribution in [2.45, 2.75) is 6.18 Å². The zero-order valence-corrected chi connectivity index (χ0v) is 9.68. The minimum Gasteiger partial charge on any atom is -0.294 e. The van der Waals surface area contributed by atoms with E-state index in [1.165, 1.54) is 24.3 Å². The second kappa shape index (κ2) is 4.23. The molecule has 90 valence electrons. The summed E-state index contributed by atoms with van der Waals surface area (Å²) in [7, 11) is 0. The number of aromatic nitrogens is 2. The Morgan fingerprint density at radius 2 is 1.65 bits per heavy atom. The fourth-order valence-corrected chi connectivity index (χ4v) is 1.75. The number of rotatable bonds is 1. The Labute approximate surface area is 105 Å². The number of hydrogen-bond donors (Lipinski definition) is 0. The molecular formula is C10H5Cl2F3N2. The Kier molecular flexibility index (Phi) is 3.05. The second-order valence-electron chi connectivity index (χ2n) is 3.23. The Morgan fingerprint density at radius 3 is 2.18 bits per heavy atom. The summed E-state index contributed by atoms with van der Waals surface area (Å²) in [5.74, 6) is 0. The largest absolute Gasteiger partial charge is 0.434 e. The van der Waals surface area contributed by atoms with Gasteiger partial charge in [0.05, 0.1) is 0 Å². The molecule has 0 bridgehead atoms. The van der Waals surface area contributed by atoms with Crippen LogP contribution in [-0.4, -0.2) is 9.55 Å². The molecule has 0 aliphatic heterocycles. The molecule has 0 spiro atoms.